The van der Waals surface area contributed by atoms with Crippen LogP contribution in [-0.4, -0.2) is 44.4 Å². The average molecular weight is 417 g/mol. The molecular weight excluding hydrogens is 394 g/mol. The van der Waals surface area contributed by atoms with E-state index in [2.05, 4.69) is 4.98 Å². The van der Waals surface area contributed by atoms with Gasteiger partial charge in [0.05, 0.1) is 12.2 Å². The molecule has 1 saturated heterocycles. The Bertz CT molecular complexity index is 1030. The minimum atomic E-state index is -1.06. The fourth-order valence-electron chi connectivity index (χ4n) is 3.44. The second-order valence-electron chi connectivity index (χ2n) is 6.87. The van der Waals surface area contributed by atoms with Crippen LogP contribution >= 0.6 is 0 Å². The number of esters is 2. The Labute approximate surface area is 172 Å². The molecule has 0 aromatic carbocycles. The molecule has 2 aromatic heterocycles. The Balaban J connectivity index is 2.03. The van der Waals surface area contributed by atoms with Crippen LogP contribution in [0.25, 0.3) is 0 Å². The van der Waals surface area contributed by atoms with Gasteiger partial charge in [-0.15, -0.1) is 0 Å². The lowest BCUT2D eigenvalue weighted by molar-refractivity contribution is -0.165. The van der Waals surface area contributed by atoms with Crippen LogP contribution in [0.1, 0.15) is 39.1 Å². The topological polar surface area (TPSA) is 119 Å². The molecule has 2 aromatic rings. The van der Waals surface area contributed by atoms with Gasteiger partial charge < -0.3 is 14.2 Å². The van der Waals surface area contributed by atoms with Gasteiger partial charge in [0.2, 0.25) is 0 Å². The van der Waals surface area contributed by atoms with Gasteiger partial charge in [0, 0.05) is 32.3 Å². The highest BCUT2D eigenvalue weighted by Crippen LogP contribution is 2.34. The van der Waals surface area contributed by atoms with E-state index in [1.807, 2.05) is 6.92 Å². The number of nitrogens with zero attached hydrogens (tertiary/aromatic N) is 3. The molecular formula is C20H23N3O7. The number of ether oxygens (including phenoxy) is 3. The zero-order valence-corrected chi connectivity index (χ0v) is 16.9. The van der Waals surface area contributed by atoms with E-state index in [-0.39, 0.29) is 6.54 Å². The van der Waals surface area contributed by atoms with Crippen molar-refractivity contribution in [2.75, 3.05) is 0 Å². The largest absolute Gasteiger partial charge is 0.456 e. The Hall–Kier alpha value is -3.27. The fraction of sp³-hybridized carbons (Fsp3) is 0.450. The average Bonchev–Trinajstić information content (AvgIpc) is 3.02. The summed E-state index contributed by atoms with van der Waals surface area (Å²) in [5, 5.41) is 0. The van der Waals surface area contributed by atoms with E-state index in [0.717, 1.165) is 4.57 Å². The first kappa shape index (κ1) is 21.4. The van der Waals surface area contributed by atoms with Crippen LogP contribution in [-0.2, 0) is 30.3 Å². The molecule has 0 amide bonds. The van der Waals surface area contributed by atoms with Gasteiger partial charge in [0.25, 0.3) is 5.56 Å². The highest BCUT2D eigenvalue weighted by molar-refractivity contribution is 5.67. The smallest absolute Gasteiger partial charge is 0.333 e. The number of hydrogen-bond acceptors (Lipinski definition) is 8. The number of rotatable bonds is 6. The van der Waals surface area contributed by atoms with Gasteiger partial charge in [0.1, 0.15) is 6.10 Å². The minimum Gasteiger partial charge on any atom is -0.456 e. The van der Waals surface area contributed by atoms with Crippen molar-refractivity contribution in [2.24, 2.45) is 0 Å². The molecule has 0 bridgehead atoms. The molecule has 3 heterocycles. The van der Waals surface area contributed by atoms with Gasteiger partial charge in [-0.1, -0.05) is 13.0 Å². The van der Waals surface area contributed by atoms with Gasteiger partial charge in [-0.25, -0.2) is 4.79 Å². The summed E-state index contributed by atoms with van der Waals surface area (Å²) in [7, 11) is 0. The molecule has 1 aliphatic heterocycles. The van der Waals surface area contributed by atoms with Crippen molar-refractivity contribution in [1.29, 1.82) is 0 Å². The van der Waals surface area contributed by atoms with Crippen molar-refractivity contribution in [2.45, 2.75) is 58.3 Å². The van der Waals surface area contributed by atoms with Crippen molar-refractivity contribution in [3.8, 4) is 0 Å². The number of hydrogen-bond donors (Lipinski definition) is 0. The SMILES string of the molecule is CC[C@H]1O[C@@H](n2ccc(=O)n(Cc3ccccn3)c2=O)[C@@H](OC(C)=O)C1OC(C)=O. The second kappa shape index (κ2) is 9.04. The van der Waals surface area contributed by atoms with Crippen molar-refractivity contribution in [3.63, 3.8) is 0 Å². The Morgan fingerprint density at radius 1 is 1.10 bits per heavy atom. The van der Waals surface area contributed by atoms with Gasteiger partial charge in [0.15, 0.2) is 18.4 Å². The molecule has 1 aliphatic rings. The standard InChI is InChI=1S/C20H23N3O7/c1-4-15-17(28-12(2)24)18(29-13(3)25)19(30-15)22-10-8-16(26)23(20(22)27)11-14-7-5-6-9-21-14/h5-10,15,17-19H,4,11H2,1-3H3/t15-,17?,18+,19-/m1/s1. The molecule has 0 saturated carbocycles. The normalized spacial score (nSPS) is 23.2. The lowest BCUT2D eigenvalue weighted by Crippen LogP contribution is -2.45. The molecule has 3 rings (SSSR count). The van der Waals surface area contributed by atoms with Crippen molar-refractivity contribution in [3.05, 3.63) is 63.2 Å². The summed E-state index contributed by atoms with van der Waals surface area (Å²) < 4.78 is 18.8. The van der Waals surface area contributed by atoms with Crippen LogP contribution < -0.4 is 11.2 Å². The maximum Gasteiger partial charge on any atom is 0.333 e. The van der Waals surface area contributed by atoms with Crippen LogP contribution in [0.5, 0.6) is 0 Å². The maximum absolute atomic E-state index is 13.1. The zero-order chi connectivity index (χ0) is 21.8. The minimum absolute atomic E-state index is 0.0329. The third-order valence-corrected chi connectivity index (χ3v) is 4.71. The van der Waals surface area contributed by atoms with Crippen LogP contribution in [0.3, 0.4) is 0 Å². The summed E-state index contributed by atoms with van der Waals surface area (Å²) in [4.78, 5) is 52.8. The van der Waals surface area contributed by atoms with E-state index in [1.165, 1.54) is 30.7 Å². The van der Waals surface area contributed by atoms with Gasteiger partial charge in [-0.2, -0.15) is 0 Å². The number of pyridine rings is 1. The molecule has 4 atom stereocenters. The summed E-state index contributed by atoms with van der Waals surface area (Å²) in [6.45, 7) is 4.24. The van der Waals surface area contributed by atoms with Crippen LogP contribution in [0, 0.1) is 0 Å². The Kier molecular flexibility index (Phi) is 6.46. The fourth-order valence-corrected chi connectivity index (χ4v) is 3.44. The number of carbonyl (C=O) groups excluding carboxylic acids is 2. The maximum atomic E-state index is 13.1. The van der Waals surface area contributed by atoms with Gasteiger partial charge in [-0.3, -0.25) is 28.5 Å². The number of carbonyl (C=O) groups is 2. The van der Waals surface area contributed by atoms with E-state index < -0.39 is 47.7 Å². The third-order valence-electron chi connectivity index (χ3n) is 4.71. The molecule has 10 nitrogen and oxygen atoms in total. The molecule has 30 heavy (non-hydrogen) atoms. The predicted molar refractivity (Wildman–Crippen MR) is 104 cm³/mol. The van der Waals surface area contributed by atoms with E-state index in [9.17, 15) is 19.2 Å². The molecule has 160 valence electrons. The molecule has 0 radical (unpaired) electrons. The zero-order valence-electron chi connectivity index (χ0n) is 16.9. The molecule has 1 fully saturated rings. The molecule has 0 N–H and O–H groups in total. The van der Waals surface area contributed by atoms with Gasteiger partial charge in [-0.05, 0) is 18.6 Å². The van der Waals surface area contributed by atoms with Crippen LogP contribution in [0.2, 0.25) is 0 Å². The van der Waals surface area contributed by atoms with E-state index in [0.29, 0.717) is 12.1 Å². The van der Waals surface area contributed by atoms with E-state index in [1.54, 1.807) is 24.4 Å². The molecule has 0 spiro atoms. The highest BCUT2D eigenvalue weighted by Gasteiger charge is 2.49. The summed E-state index contributed by atoms with van der Waals surface area (Å²) in [5.41, 5.74) is -0.635. The summed E-state index contributed by atoms with van der Waals surface area (Å²) >= 11 is 0. The first-order chi connectivity index (χ1) is 14.3. The predicted octanol–water partition coefficient (Wildman–Crippen LogP) is 0.624. The lowest BCUT2D eigenvalue weighted by Gasteiger charge is -2.24. The van der Waals surface area contributed by atoms with E-state index >= 15 is 0 Å². The summed E-state index contributed by atoms with van der Waals surface area (Å²) in [6, 6.07) is 6.40. The monoisotopic (exact) mass is 417 g/mol. The van der Waals surface area contributed by atoms with Crippen LogP contribution in [0.4, 0.5) is 0 Å². The first-order valence-electron chi connectivity index (χ1n) is 9.53. The van der Waals surface area contributed by atoms with Crippen molar-refractivity contribution in [1.82, 2.24) is 14.1 Å². The van der Waals surface area contributed by atoms with E-state index in [4.69, 9.17) is 14.2 Å². The van der Waals surface area contributed by atoms with Crippen LogP contribution in [0.15, 0.2) is 46.2 Å². The van der Waals surface area contributed by atoms with Crippen molar-refractivity contribution >= 4 is 11.9 Å². The summed E-state index contributed by atoms with van der Waals surface area (Å²) in [6.07, 6.45) is -0.288. The molecule has 10 heteroatoms. The Morgan fingerprint density at radius 3 is 2.40 bits per heavy atom. The molecule has 1 unspecified atom stereocenters. The lowest BCUT2D eigenvalue weighted by atomic mass is 10.1. The quantitative estimate of drug-likeness (QED) is 0.628. The summed E-state index contributed by atoms with van der Waals surface area (Å²) in [5.74, 6) is -1.18. The highest BCUT2D eigenvalue weighted by atomic mass is 16.6. The molecule has 0 aliphatic carbocycles. The first-order valence-corrected chi connectivity index (χ1v) is 9.53. The Morgan fingerprint density at radius 2 is 1.80 bits per heavy atom. The number of aromatic nitrogens is 3. The van der Waals surface area contributed by atoms with Gasteiger partial charge >= 0.3 is 17.6 Å². The second-order valence-corrected chi connectivity index (χ2v) is 6.87. The third kappa shape index (κ3) is 4.48. The van der Waals surface area contributed by atoms with Crippen molar-refractivity contribution < 1.29 is 23.8 Å².